The molecule has 1 saturated heterocycles. The second-order valence-corrected chi connectivity index (χ2v) is 5.75. The Bertz CT molecular complexity index is 784. The Balaban J connectivity index is 1.89. The number of amides is 1. The number of carbonyl (C=O) groups is 1. The van der Waals surface area contributed by atoms with E-state index in [2.05, 4.69) is 10.3 Å². The van der Waals surface area contributed by atoms with Crippen LogP contribution in [0.25, 0.3) is 0 Å². The lowest BCUT2D eigenvalue weighted by Gasteiger charge is -2.25. The van der Waals surface area contributed by atoms with Gasteiger partial charge < -0.3 is 14.8 Å². The molecule has 0 bridgehead atoms. The van der Waals surface area contributed by atoms with Crippen molar-refractivity contribution in [2.24, 2.45) is 7.05 Å². The number of pyridine rings is 2. The van der Waals surface area contributed by atoms with Gasteiger partial charge in [-0.15, -0.1) is 0 Å². The third-order valence-electron chi connectivity index (χ3n) is 4.27. The molecule has 0 radical (unpaired) electrons. The van der Waals surface area contributed by atoms with Gasteiger partial charge in [-0.1, -0.05) is 0 Å². The summed E-state index contributed by atoms with van der Waals surface area (Å²) in [5, 5.41) is 3.03. The first-order chi connectivity index (χ1) is 11.1. The minimum Gasteiger partial charge on any atom is -0.373 e. The summed E-state index contributed by atoms with van der Waals surface area (Å²) >= 11 is 0. The fourth-order valence-corrected chi connectivity index (χ4v) is 3.03. The highest BCUT2D eigenvalue weighted by Crippen LogP contribution is 2.33. The third kappa shape index (κ3) is 2.97. The smallest absolute Gasteiger partial charge is 0.255 e. The standard InChI is InChI=1S/C17H20N4O2/c1-18-15-10-12(7-8-19-15)14-4-3-9-21(14)17(23)13-5-6-16(22)20(2)11-13/h5-8,10-11,14H,3-4,9H2,1-2H3,(H,18,19)/t14-/m0/s1. The molecular formula is C17H20N4O2. The molecule has 1 atom stereocenters. The van der Waals surface area contributed by atoms with Crippen LogP contribution in [0.2, 0.25) is 0 Å². The van der Waals surface area contributed by atoms with Gasteiger partial charge in [0.2, 0.25) is 5.56 Å². The lowest BCUT2D eigenvalue weighted by molar-refractivity contribution is 0.0734. The van der Waals surface area contributed by atoms with Gasteiger partial charge in [-0.25, -0.2) is 4.98 Å². The van der Waals surface area contributed by atoms with E-state index < -0.39 is 0 Å². The number of anilines is 1. The van der Waals surface area contributed by atoms with Crippen molar-refractivity contribution >= 4 is 11.7 Å². The van der Waals surface area contributed by atoms with E-state index in [4.69, 9.17) is 0 Å². The SMILES string of the molecule is CNc1cc([C@@H]2CCCN2C(=O)c2ccc(=O)n(C)c2)ccn1. The summed E-state index contributed by atoms with van der Waals surface area (Å²) in [6, 6.07) is 7.03. The summed E-state index contributed by atoms with van der Waals surface area (Å²) in [7, 11) is 3.48. The number of aryl methyl sites for hydroxylation is 1. The lowest BCUT2D eigenvalue weighted by Crippen LogP contribution is -2.31. The molecule has 2 aromatic rings. The highest BCUT2D eigenvalue weighted by molar-refractivity contribution is 5.94. The molecule has 6 nitrogen and oxygen atoms in total. The van der Waals surface area contributed by atoms with E-state index in [1.807, 2.05) is 24.1 Å². The van der Waals surface area contributed by atoms with Gasteiger partial charge in [0, 0.05) is 39.1 Å². The van der Waals surface area contributed by atoms with Gasteiger partial charge in [-0.3, -0.25) is 9.59 Å². The van der Waals surface area contributed by atoms with Gasteiger partial charge in [0.1, 0.15) is 5.82 Å². The summed E-state index contributed by atoms with van der Waals surface area (Å²) < 4.78 is 1.43. The minimum absolute atomic E-state index is 0.0362. The number of hydrogen-bond donors (Lipinski definition) is 1. The summed E-state index contributed by atoms with van der Waals surface area (Å²) in [6.45, 7) is 0.726. The van der Waals surface area contributed by atoms with Crippen molar-refractivity contribution < 1.29 is 4.79 Å². The van der Waals surface area contributed by atoms with Crippen molar-refractivity contribution in [3.05, 3.63) is 58.1 Å². The van der Waals surface area contributed by atoms with E-state index in [0.29, 0.717) is 5.56 Å². The summed E-state index contributed by atoms with van der Waals surface area (Å²) in [6.07, 6.45) is 5.27. The molecule has 0 saturated carbocycles. The van der Waals surface area contributed by atoms with E-state index in [1.165, 1.54) is 10.6 Å². The zero-order valence-corrected chi connectivity index (χ0v) is 13.3. The monoisotopic (exact) mass is 312 g/mol. The zero-order valence-electron chi connectivity index (χ0n) is 13.3. The molecule has 1 N–H and O–H groups in total. The van der Waals surface area contributed by atoms with Gasteiger partial charge in [-0.05, 0) is 36.6 Å². The topological polar surface area (TPSA) is 67.2 Å². The molecule has 0 spiro atoms. The molecule has 0 aromatic carbocycles. The Morgan fingerprint density at radius 2 is 2.17 bits per heavy atom. The van der Waals surface area contributed by atoms with E-state index in [-0.39, 0.29) is 17.5 Å². The van der Waals surface area contributed by atoms with Crippen LogP contribution < -0.4 is 10.9 Å². The molecule has 6 heteroatoms. The molecule has 120 valence electrons. The molecule has 1 aliphatic heterocycles. The largest absolute Gasteiger partial charge is 0.373 e. The van der Waals surface area contributed by atoms with Crippen LogP contribution >= 0.6 is 0 Å². The van der Waals surface area contributed by atoms with E-state index in [1.54, 1.807) is 25.5 Å². The molecule has 0 unspecified atom stereocenters. The van der Waals surface area contributed by atoms with Crippen LogP contribution in [-0.4, -0.2) is 34.0 Å². The third-order valence-corrected chi connectivity index (χ3v) is 4.27. The summed E-state index contributed by atoms with van der Waals surface area (Å²) in [4.78, 5) is 30.4. The van der Waals surface area contributed by atoms with Gasteiger partial charge >= 0.3 is 0 Å². The van der Waals surface area contributed by atoms with Crippen LogP contribution in [0.15, 0.2) is 41.5 Å². The Kier molecular flexibility index (Phi) is 4.14. The van der Waals surface area contributed by atoms with E-state index >= 15 is 0 Å². The summed E-state index contributed by atoms with van der Waals surface area (Å²) in [5.74, 6) is 0.759. The van der Waals surface area contributed by atoms with Crippen LogP contribution in [0.5, 0.6) is 0 Å². The number of rotatable bonds is 3. The van der Waals surface area contributed by atoms with Gasteiger partial charge in [0.25, 0.3) is 5.91 Å². The van der Waals surface area contributed by atoms with Crippen molar-refractivity contribution in [2.75, 3.05) is 18.9 Å². The maximum atomic E-state index is 12.8. The molecule has 23 heavy (non-hydrogen) atoms. The highest BCUT2D eigenvalue weighted by atomic mass is 16.2. The Morgan fingerprint density at radius 3 is 2.91 bits per heavy atom. The molecule has 3 rings (SSSR count). The van der Waals surface area contributed by atoms with Crippen molar-refractivity contribution in [1.82, 2.24) is 14.5 Å². The highest BCUT2D eigenvalue weighted by Gasteiger charge is 2.31. The predicted octanol–water partition coefficient (Wildman–Crippen LogP) is 1.80. The lowest BCUT2D eigenvalue weighted by atomic mass is 10.1. The van der Waals surface area contributed by atoms with Crippen LogP contribution in [0.1, 0.15) is 34.8 Å². The van der Waals surface area contributed by atoms with Crippen LogP contribution in [0, 0.1) is 0 Å². The number of hydrogen-bond acceptors (Lipinski definition) is 4. The number of aromatic nitrogens is 2. The molecule has 0 aliphatic carbocycles. The normalized spacial score (nSPS) is 17.3. The zero-order chi connectivity index (χ0) is 16.4. The first-order valence-corrected chi connectivity index (χ1v) is 7.71. The maximum absolute atomic E-state index is 12.8. The van der Waals surface area contributed by atoms with Crippen molar-refractivity contribution in [3.8, 4) is 0 Å². The van der Waals surface area contributed by atoms with Crippen molar-refractivity contribution in [1.29, 1.82) is 0 Å². The second-order valence-electron chi connectivity index (χ2n) is 5.75. The molecular weight excluding hydrogens is 292 g/mol. The molecule has 1 fully saturated rings. The van der Waals surface area contributed by atoms with Gasteiger partial charge in [0.15, 0.2) is 0 Å². The predicted molar refractivity (Wildman–Crippen MR) is 88.5 cm³/mol. The first-order valence-electron chi connectivity index (χ1n) is 7.71. The molecule has 2 aromatic heterocycles. The second kappa shape index (κ2) is 6.24. The Hall–Kier alpha value is -2.63. The Labute approximate surface area is 134 Å². The summed E-state index contributed by atoms with van der Waals surface area (Å²) in [5.41, 5.74) is 1.51. The molecule has 1 aliphatic rings. The van der Waals surface area contributed by atoms with E-state index in [9.17, 15) is 9.59 Å². The van der Waals surface area contributed by atoms with Crippen molar-refractivity contribution in [2.45, 2.75) is 18.9 Å². The first kappa shape index (κ1) is 15.3. The number of carbonyl (C=O) groups excluding carboxylic acids is 1. The number of nitrogens with one attached hydrogen (secondary N) is 1. The number of nitrogens with zero attached hydrogens (tertiary/aromatic N) is 3. The number of likely N-dealkylation sites (tertiary alicyclic amines) is 1. The van der Waals surface area contributed by atoms with Crippen molar-refractivity contribution in [3.63, 3.8) is 0 Å². The fraction of sp³-hybridized carbons (Fsp3) is 0.353. The average molecular weight is 312 g/mol. The minimum atomic E-state index is -0.118. The molecule has 3 heterocycles. The average Bonchev–Trinajstić information content (AvgIpc) is 3.06. The maximum Gasteiger partial charge on any atom is 0.255 e. The van der Waals surface area contributed by atoms with Crippen LogP contribution in [0.4, 0.5) is 5.82 Å². The van der Waals surface area contributed by atoms with Crippen LogP contribution in [0.3, 0.4) is 0 Å². The van der Waals surface area contributed by atoms with Gasteiger partial charge in [-0.2, -0.15) is 0 Å². The Morgan fingerprint density at radius 1 is 1.35 bits per heavy atom. The molecule has 1 amide bonds. The van der Waals surface area contributed by atoms with E-state index in [0.717, 1.165) is 30.8 Å². The quantitative estimate of drug-likeness (QED) is 0.938. The van der Waals surface area contributed by atoms with Crippen LogP contribution in [-0.2, 0) is 7.05 Å². The van der Waals surface area contributed by atoms with Gasteiger partial charge in [0.05, 0.1) is 11.6 Å². The fourth-order valence-electron chi connectivity index (χ4n) is 3.03.